The Balaban J connectivity index is 1.91. The summed E-state index contributed by atoms with van der Waals surface area (Å²) in [5, 5.41) is 5.82. The highest BCUT2D eigenvalue weighted by Crippen LogP contribution is 2.23. The van der Waals surface area contributed by atoms with Crippen LogP contribution < -0.4 is 20.1 Å². The number of carbonyl (C=O) groups is 1. The van der Waals surface area contributed by atoms with E-state index in [0.717, 1.165) is 15.9 Å². The Kier molecular flexibility index (Phi) is 10.6. The molecule has 0 atom stereocenters. The Morgan fingerprint density at radius 1 is 1.03 bits per heavy atom. The van der Waals surface area contributed by atoms with Crippen LogP contribution in [-0.4, -0.2) is 51.2 Å². The van der Waals surface area contributed by atoms with Crippen molar-refractivity contribution < 1.29 is 23.7 Å². The largest absolute Gasteiger partial charge is 0.491 e. The molecule has 0 aliphatic rings. The number of methoxy groups -OCH3 is 1. The third kappa shape index (κ3) is 8.27. The summed E-state index contributed by atoms with van der Waals surface area (Å²) >= 11 is 8.63. The van der Waals surface area contributed by atoms with Gasteiger partial charge in [0.2, 0.25) is 0 Å². The van der Waals surface area contributed by atoms with E-state index in [2.05, 4.69) is 26.6 Å². The molecule has 0 aliphatic carbocycles. The molecule has 162 valence electrons. The molecule has 0 aliphatic heterocycles. The van der Waals surface area contributed by atoms with Crippen LogP contribution in [0.25, 0.3) is 0 Å². The molecule has 7 nitrogen and oxygen atoms in total. The molecule has 1 amide bonds. The summed E-state index contributed by atoms with van der Waals surface area (Å²) in [6.45, 7) is 4.38. The van der Waals surface area contributed by atoms with E-state index in [1.54, 1.807) is 25.3 Å². The van der Waals surface area contributed by atoms with E-state index in [1.165, 1.54) is 0 Å². The van der Waals surface area contributed by atoms with Crippen molar-refractivity contribution in [2.45, 2.75) is 6.92 Å². The van der Waals surface area contributed by atoms with E-state index in [1.807, 2.05) is 31.2 Å². The van der Waals surface area contributed by atoms with Gasteiger partial charge in [-0.1, -0.05) is 15.9 Å². The second kappa shape index (κ2) is 13.2. The Morgan fingerprint density at radius 3 is 2.47 bits per heavy atom. The number of amides is 1. The molecule has 0 heterocycles. The zero-order valence-corrected chi connectivity index (χ0v) is 19.3. The van der Waals surface area contributed by atoms with Crippen LogP contribution in [0.2, 0.25) is 0 Å². The maximum Gasteiger partial charge on any atom is 0.261 e. The van der Waals surface area contributed by atoms with Crippen LogP contribution in [0.3, 0.4) is 0 Å². The van der Waals surface area contributed by atoms with Gasteiger partial charge in [-0.2, -0.15) is 0 Å². The first-order valence-corrected chi connectivity index (χ1v) is 10.6. The van der Waals surface area contributed by atoms with E-state index < -0.39 is 0 Å². The lowest BCUT2D eigenvalue weighted by molar-refractivity contribution is 0.0969. The Morgan fingerprint density at radius 2 is 1.77 bits per heavy atom. The highest BCUT2D eigenvalue weighted by Gasteiger charge is 2.15. The second-order valence-electron chi connectivity index (χ2n) is 5.96. The molecule has 0 unspecified atom stereocenters. The molecule has 0 saturated carbocycles. The summed E-state index contributed by atoms with van der Waals surface area (Å²) in [5.74, 6) is 0.795. The third-order valence-electron chi connectivity index (χ3n) is 3.77. The molecule has 0 aromatic heterocycles. The zero-order chi connectivity index (χ0) is 21.8. The summed E-state index contributed by atoms with van der Waals surface area (Å²) in [4.78, 5) is 12.7. The number of hydrogen-bond acceptors (Lipinski definition) is 6. The molecule has 0 fully saturated rings. The van der Waals surface area contributed by atoms with Crippen molar-refractivity contribution in [2.75, 3.05) is 45.5 Å². The summed E-state index contributed by atoms with van der Waals surface area (Å²) in [5.41, 5.74) is 1.09. The van der Waals surface area contributed by atoms with Crippen molar-refractivity contribution in [3.05, 3.63) is 52.5 Å². The van der Waals surface area contributed by atoms with Gasteiger partial charge in [-0.15, -0.1) is 0 Å². The molecule has 2 aromatic carbocycles. The summed E-state index contributed by atoms with van der Waals surface area (Å²) in [6, 6.07) is 12.4. The Hall–Kier alpha value is -2.20. The van der Waals surface area contributed by atoms with E-state index in [0.29, 0.717) is 44.3 Å². The van der Waals surface area contributed by atoms with E-state index in [-0.39, 0.29) is 11.0 Å². The standard InChI is InChI=1S/C21H25BrN2O5S/c1-3-27-11-13-28-17-7-5-16(6-8-17)23-21(30)24-20(25)18-14-15(22)4-9-19(18)29-12-10-26-2/h4-9,14H,3,10-13H2,1-2H3,(H2,23,24,25,30). The summed E-state index contributed by atoms with van der Waals surface area (Å²) < 4.78 is 22.2. The highest BCUT2D eigenvalue weighted by atomic mass is 79.9. The van der Waals surface area contributed by atoms with Gasteiger partial charge < -0.3 is 24.3 Å². The first-order chi connectivity index (χ1) is 14.5. The maximum atomic E-state index is 12.7. The minimum atomic E-state index is -0.378. The number of halogens is 1. The van der Waals surface area contributed by atoms with Crippen LogP contribution in [0.5, 0.6) is 11.5 Å². The molecule has 2 rings (SSSR count). The molecule has 2 aromatic rings. The zero-order valence-electron chi connectivity index (χ0n) is 16.9. The molecular weight excluding hydrogens is 472 g/mol. The van der Waals surface area contributed by atoms with Gasteiger partial charge in [-0.05, 0) is 61.6 Å². The van der Waals surface area contributed by atoms with Gasteiger partial charge in [-0.25, -0.2) is 0 Å². The molecule has 0 spiro atoms. The second-order valence-corrected chi connectivity index (χ2v) is 7.28. The van der Waals surface area contributed by atoms with Crippen molar-refractivity contribution in [1.82, 2.24) is 5.32 Å². The molecular formula is C21H25BrN2O5S. The molecule has 0 bridgehead atoms. The number of anilines is 1. The number of thiocarbonyl (C=S) groups is 1. The molecule has 2 N–H and O–H groups in total. The number of benzene rings is 2. The van der Waals surface area contributed by atoms with Crippen molar-refractivity contribution in [2.24, 2.45) is 0 Å². The highest BCUT2D eigenvalue weighted by molar-refractivity contribution is 9.10. The molecule has 9 heteroatoms. The lowest BCUT2D eigenvalue weighted by Gasteiger charge is -2.14. The SMILES string of the molecule is CCOCCOc1ccc(NC(=S)NC(=O)c2cc(Br)ccc2OCCOC)cc1. The van der Waals surface area contributed by atoms with E-state index >= 15 is 0 Å². The molecule has 30 heavy (non-hydrogen) atoms. The van der Waals surface area contributed by atoms with E-state index in [4.69, 9.17) is 31.2 Å². The van der Waals surface area contributed by atoms with Gasteiger partial charge in [0.25, 0.3) is 5.91 Å². The average Bonchev–Trinajstić information content (AvgIpc) is 2.73. The quantitative estimate of drug-likeness (QED) is 0.359. The Bertz CT molecular complexity index is 833. The predicted molar refractivity (Wildman–Crippen MR) is 124 cm³/mol. The smallest absolute Gasteiger partial charge is 0.261 e. The lowest BCUT2D eigenvalue weighted by atomic mass is 10.2. The first kappa shape index (κ1) is 24.1. The van der Waals surface area contributed by atoms with Gasteiger partial charge in [0.05, 0.1) is 18.8 Å². The van der Waals surface area contributed by atoms with Gasteiger partial charge >= 0.3 is 0 Å². The fraction of sp³-hybridized carbons (Fsp3) is 0.333. The van der Waals surface area contributed by atoms with Crippen LogP contribution in [-0.2, 0) is 9.47 Å². The number of hydrogen-bond donors (Lipinski definition) is 2. The number of rotatable bonds is 11. The number of carbonyl (C=O) groups excluding carboxylic acids is 1. The lowest BCUT2D eigenvalue weighted by Crippen LogP contribution is -2.34. The van der Waals surface area contributed by atoms with E-state index in [9.17, 15) is 4.79 Å². The van der Waals surface area contributed by atoms with Crippen molar-refractivity contribution in [1.29, 1.82) is 0 Å². The van der Waals surface area contributed by atoms with Crippen molar-refractivity contribution >= 4 is 44.9 Å². The Labute approximate surface area is 190 Å². The van der Waals surface area contributed by atoms with Crippen LogP contribution in [0.4, 0.5) is 5.69 Å². The summed E-state index contributed by atoms with van der Waals surface area (Å²) in [6.07, 6.45) is 0. The van der Waals surface area contributed by atoms with Gasteiger partial charge in [-0.3, -0.25) is 10.1 Å². The minimum Gasteiger partial charge on any atom is -0.491 e. The number of nitrogens with one attached hydrogen (secondary N) is 2. The first-order valence-electron chi connectivity index (χ1n) is 9.37. The van der Waals surface area contributed by atoms with Crippen molar-refractivity contribution in [3.8, 4) is 11.5 Å². The predicted octanol–water partition coefficient (Wildman–Crippen LogP) is 4.02. The monoisotopic (exact) mass is 496 g/mol. The maximum absolute atomic E-state index is 12.7. The van der Waals surface area contributed by atoms with Crippen LogP contribution in [0, 0.1) is 0 Å². The number of ether oxygens (including phenoxy) is 4. The van der Waals surface area contributed by atoms with Gasteiger partial charge in [0.15, 0.2) is 5.11 Å². The summed E-state index contributed by atoms with van der Waals surface area (Å²) in [7, 11) is 1.59. The topological polar surface area (TPSA) is 78.1 Å². The van der Waals surface area contributed by atoms with Gasteiger partial charge in [0.1, 0.15) is 24.7 Å². The van der Waals surface area contributed by atoms with Crippen LogP contribution in [0.15, 0.2) is 46.9 Å². The van der Waals surface area contributed by atoms with Crippen LogP contribution >= 0.6 is 28.1 Å². The van der Waals surface area contributed by atoms with Crippen LogP contribution in [0.1, 0.15) is 17.3 Å². The van der Waals surface area contributed by atoms with Crippen molar-refractivity contribution in [3.63, 3.8) is 0 Å². The molecule has 0 saturated heterocycles. The fourth-order valence-electron chi connectivity index (χ4n) is 2.37. The molecule has 0 radical (unpaired) electrons. The minimum absolute atomic E-state index is 0.174. The fourth-order valence-corrected chi connectivity index (χ4v) is 2.94. The van der Waals surface area contributed by atoms with Gasteiger partial charge in [0, 0.05) is 23.9 Å². The normalized spacial score (nSPS) is 10.4. The third-order valence-corrected chi connectivity index (χ3v) is 4.47. The average molecular weight is 497 g/mol.